The van der Waals surface area contributed by atoms with Crippen LogP contribution in [0.4, 0.5) is 10.6 Å². The molecule has 0 unspecified atom stereocenters. The molecule has 1 aromatic carbocycles. The minimum atomic E-state index is -0.774. The van der Waals surface area contributed by atoms with Gasteiger partial charge in [0.1, 0.15) is 11.3 Å². The summed E-state index contributed by atoms with van der Waals surface area (Å²) < 4.78 is 5.26. The molecule has 1 aliphatic heterocycles. The first-order valence-electron chi connectivity index (χ1n) is 9.47. The molecular formula is C20H23Cl2N5O3. The first-order valence-corrected chi connectivity index (χ1v) is 10.2. The number of ether oxygens (including phenoxy) is 1. The third-order valence-corrected chi connectivity index (χ3v) is 5.84. The molecule has 30 heavy (non-hydrogen) atoms. The van der Waals surface area contributed by atoms with Crippen LogP contribution in [0, 0.1) is 6.92 Å². The van der Waals surface area contributed by atoms with Crippen LogP contribution in [0.25, 0.3) is 0 Å². The van der Waals surface area contributed by atoms with E-state index in [1.807, 2.05) is 13.8 Å². The van der Waals surface area contributed by atoms with Crippen molar-refractivity contribution in [1.82, 2.24) is 15.3 Å². The maximum absolute atomic E-state index is 12.6. The Morgan fingerprint density at radius 2 is 2.00 bits per heavy atom. The molecule has 2 heterocycles. The molecule has 0 saturated carbocycles. The SMILES string of the molecule is Cc1cnc(N2CCC(C)(OC(N)=O)CC2)c(CNC(=O)c2cccc(Cl)c2Cl)n1. The average Bonchev–Trinajstić information content (AvgIpc) is 2.68. The fraction of sp³-hybridized carbons (Fsp3) is 0.400. The van der Waals surface area contributed by atoms with E-state index < -0.39 is 11.7 Å². The largest absolute Gasteiger partial charge is 0.443 e. The minimum absolute atomic E-state index is 0.178. The number of piperidine rings is 1. The standard InChI is InChI=1S/C20H23Cl2N5O3/c1-12-10-24-17(27-8-6-20(2,7-9-27)30-19(23)29)15(26-12)11-25-18(28)13-4-3-5-14(21)16(13)22/h3-5,10H,6-9,11H2,1-2H3,(H2,23,29)(H,25,28). The molecule has 10 heteroatoms. The Morgan fingerprint density at radius 3 is 2.67 bits per heavy atom. The van der Waals surface area contributed by atoms with Crippen molar-refractivity contribution in [3.8, 4) is 0 Å². The zero-order chi connectivity index (χ0) is 21.9. The molecule has 3 N–H and O–H groups in total. The van der Waals surface area contributed by atoms with Crippen LogP contribution in [-0.2, 0) is 11.3 Å². The summed E-state index contributed by atoms with van der Waals surface area (Å²) in [5.74, 6) is 0.331. The molecule has 0 aliphatic carbocycles. The Kier molecular flexibility index (Phi) is 6.67. The van der Waals surface area contributed by atoms with Crippen LogP contribution in [-0.4, -0.2) is 40.7 Å². The molecule has 0 spiro atoms. The topological polar surface area (TPSA) is 110 Å². The Hall–Kier alpha value is -2.58. The van der Waals surface area contributed by atoms with E-state index in [9.17, 15) is 9.59 Å². The Bertz CT molecular complexity index is 961. The molecule has 1 aliphatic rings. The number of rotatable bonds is 5. The van der Waals surface area contributed by atoms with E-state index >= 15 is 0 Å². The number of carbonyl (C=O) groups is 2. The first kappa shape index (κ1) is 22.1. The van der Waals surface area contributed by atoms with Crippen LogP contribution in [0.3, 0.4) is 0 Å². The smallest absolute Gasteiger partial charge is 0.405 e. The van der Waals surface area contributed by atoms with Gasteiger partial charge in [-0.1, -0.05) is 29.3 Å². The van der Waals surface area contributed by atoms with Gasteiger partial charge < -0.3 is 20.7 Å². The van der Waals surface area contributed by atoms with Crippen LogP contribution in [0.1, 0.15) is 41.5 Å². The third-order valence-electron chi connectivity index (χ3n) is 5.02. The van der Waals surface area contributed by atoms with Gasteiger partial charge in [0.15, 0.2) is 5.82 Å². The maximum atomic E-state index is 12.6. The molecule has 0 atom stereocenters. The number of nitrogens with one attached hydrogen (secondary N) is 1. The van der Waals surface area contributed by atoms with Gasteiger partial charge in [-0.25, -0.2) is 9.78 Å². The lowest BCUT2D eigenvalue weighted by Crippen LogP contribution is -2.46. The summed E-state index contributed by atoms with van der Waals surface area (Å²) >= 11 is 12.1. The van der Waals surface area contributed by atoms with Crippen molar-refractivity contribution in [2.24, 2.45) is 5.73 Å². The van der Waals surface area contributed by atoms with Crippen molar-refractivity contribution in [3.05, 3.63) is 51.4 Å². The Labute approximate surface area is 184 Å². The molecule has 1 aromatic heterocycles. The first-order chi connectivity index (χ1) is 14.2. The number of nitrogens with zero attached hydrogens (tertiary/aromatic N) is 3. The summed E-state index contributed by atoms with van der Waals surface area (Å²) in [5.41, 5.74) is 6.25. The number of anilines is 1. The molecule has 1 saturated heterocycles. The predicted octanol–water partition coefficient (Wildman–Crippen LogP) is 3.48. The highest BCUT2D eigenvalue weighted by Crippen LogP contribution is 2.29. The zero-order valence-corrected chi connectivity index (χ0v) is 18.3. The molecular weight excluding hydrogens is 429 g/mol. The summed E-state index contributed by atoms with van der Waals surface area (Å²) in [6, 6.07) is 4.90. The highest BCUT2D eigenvalue weighted by atomic mass is 35.5. The number of aromatic nitrogens is 2. The monoisotopic (exact) mass is 451 g/mol. The molecule has 160 valence electrons. The van der Waals surface area contributed by atoms with Crippen molar-refractivity contribution in [2.45, 2.75) is 38.8 Å². The van der Waals surface area contributed by atoms with Gasteiger partial charge in [-0.05, 0) is 26.0 Å². The lowest BCUT2D eigenvalue weighted by molar-refractivity contribution is 0.0126. The van der Waals surface area contributed by atoms with E-state index in [2.05, 4.69) is 20.2 Å². The third kappa shape index (κ3) is 5.12. The second-order valence-corrected chi connectivity index (χ2v) is 8.21. The summed E-state index contributed by atoms with van der Waals surface area (Å²) in [7, 11) is 0. The molecule has 2 aromatic rings. The van der Waals surface area contributed by atoms with Crippen molar-refractivity contribution in [1.29, 1.82) is 0 Å². The van der Waals surface area contributed by atoms with Gasteiger partial charge in [0, 0.05) is 25.9 Å². The van der Waals surface area contributed by atoms with E-state index in [-0.39, 0.29) is 17.5 Å². The van der Waals surface area contributed by atoms with Crippen molar-refractivity contribution >= 4 is 41.0 Å². The minimum Gasteiger partial charge on any atom is -0.443 e. The fourth-order valence-corrected chi connectivity index (χ4v) is 3.76. The van der Waals surface area contributed by atoms with Crippen LogP contribution in [0.15, 0.2) is 24.4 Å². The van der Waals surface area contributed by atoms with Crippen molar-refractivity contribution < 1.29 is 14.3 Å². The number of benzene rings is 1. The molecule has 8 nitrogen and oxygen atoms in total. The predicted molar refractivity (Wildman–Crippen MR) is 115 cm³/mol. The number of amides is 2. The normalized spacial score (nSPS) is 15.5. The number of carbonyl (C=O) groups excluding carboxylic acids is 2. The van der Waals surface area contributed by atoms with Gasteiger partial charge >= 0.3 is 6.09 Å². The van der Waals surface area contributed by atoms with Crippen molar-refractivity contribution in [3.63, 3.8) is 0 Å². The molecule has 1 fully saturated rings. The van der Waals surface area contributed by atoms with Crippen molar-refractivity contribution in [2.75, 3.05) is 18.0 Å². The van der Waals surface area contributed by atoms with Gasteiger partial charge in [-0.2, -0.15) is 0 Å². The molecule has 2 amide bonds. The van der Waals surface area contributed by atoms with Gasteiger partial charge in [0.2, 0.25) is 0 Å². The quantitative estimate of drug-likeness (QED) is 0.719. The van der Waals surface area contributed by atoms with E-state index in [4.69, 9.17) is 33.7 Å². The van der Waals surface area contributed by atoms with Crippen LogP contribution in [0.2, 0.25) is 10.0 Å². The number of hydrogen-bond acceptors (Lipinski definition) is 6. The highest BCUT2D eigenvalue weighted by molar-refractivity contribution is 6.43. The molecule has 0 bridgehead atoms. The maximum Gasteiger partial charge on any atom is 0.405 e. The van der Waals surface area contributed by atoms with E-state index in [0.29, 0.717) is 48.0 Å². The molecule has 3 rings (SSSR count). The summed E-state index contributed by atoms with van der Waals surface area (Å²) in [5, 5.41) is 3.36. The number of primary amides is 1. The lowest BCUT2D eigenvalue weighted by atomic mass is 9.93. The highest BCUT2D eigenvalue weighted by Gasteiger charge is 2.34. The van der Waals surface area contributed by atoms with Gasteiger partial charge in [0.25, 0.3) is 5.91 Å². The Balaban J connectivity index is 1.72. The number of halogens is 2. The summed E-state index contributed by atoms with van der Waals surface area (Å²) in [6.45, 7) is 5.11. The number of nitrogens with two attached hydrogens (primary N) is 1. The van der Waals surface area contributed by atoms with E-state index in [0.717, 1.165) is 5.69 Å². The lowest BCUT2D eigenvalue weighted by Gasteiger charge is -2.39. The Morgan fingerprint density at radius 1 is 1.30 bits per heavy atom. The summed E-state index contributed by atoms with van der Waals surface area (Å²) in [6.07, 6.45) is 2.12. The van der Waals surface area contributed by atoms with Gasteiger partial charge in [-0.3, -0.25) is 9.78 Å². The second-order valence-electron chi connectivity index (χ2n) is 7.42. The van der Waals surface area contributed by atoms with Crippen LogP contribution >= 0.6 is 23.2 Å². The number of hydrogen-bond donors (Lipinski definition) is 2. The van der Waals surface area contributed by atoms with Gasteiger partial charge in [0.05, 0.1) is 34.0 Å². The second kappa shape index (κ2) is 9.06. The zero-order valence-electron chi connectivity index (χ0n) is 16.7. The average molecular weight is 452 g/mol. The summed E-state index contributed by atoms with van der Waals surface area (Å²) in [4.78, 5) is 34.9. The van der Waals surface area contributed by atoms with Crippen LogP contribution in [0.5, 0.6) is 0 Å². The van der Waals surface area contributed by atoms with E-state index in [1.54, 1.807) is 24.4 Å². The van der Waals surface area contributed by atoms with Gasteiger partial charge in [-0.15, -0.1) is 0 Å². The fourth-order valence-electron chi connectivity index (χ4n) is 3.38. The van der Waals surface area contributed by atoms with E-state index in [1.165, 1.54) is 0 Å². The molecule has 0 radical (unpaired) electrons. The van der Waals surface area contributed by atoms with Crippen LogP contribution < -0.4 is 16.0 Å². The number of aryl methyl sites for hydroxylation is 1.